The van der Waals surface area contributed by atoms with E-state index in [1.165, 1.54) is 0 Å². The molecule has 20 heavy (non-hydrogen) atoms. The maximum absolute atomic E-state index is 5.80. The molecule has 0 atom stereocenters. The van der Waals surface area contributed by atoms with Gasteiger partial charge in [0, 0.05) is 19.3 Å². The highest BCUT2D eigenvalue weighted by Crippen LogP contribution is 2.18. The molecule has 2 heterocycles. The summed E-state index contributed by atoms with van der Waals surface area (Å²) in [6, 6.07) is 3.91. The van der Waals surface area contributed by atoms with Gasteiger partial charge in [-0.05, 0) is 32.0 Å². The molecule has 0 aliphatic heterocycles. The molecule has 0 amide bonds. The van der Waals surface area contributed by atoms with Crippen LogP contribution in [0.2, 0.25) is 0 Å². The summed E-state index contributed by atoms with van der Waals surface area (Å²) in [5.74, 6) is 0.796. The number of ether oxygens (including phenoxy) is 1. The Morgan fingerprint density at radius 1 is 1.35 bits per heavy atom. The van der Waals surface area contributed by atoms with Crippen LogP contribution in [-0.2, 0) is 20.2 Å². The van der Waals surface area contributed by atoms with Crippen LogP contribution in [0.15, 0.2) is 18.3 Å². The lowest BCUT2D eigenvalue weighted by molar-refractivity contribution is 0.295. The van der Waals surface area contributed by atoms with Crippen molar-refractivity contribution in [3.63, 3.8) is 0 Å². The van der Waals surface area contributed by atoms with Gasteiger partial charge in [0.25, 0.3) is 0 Å². The number of rotatable bonds is 7. The number of aryl methyl sites for hydroxylation is 2. The second-order valence-corrected chi connectivity index (χ2v) is 4.75. The Bertz CT molecular complexity index is 552. The molecule has 0 spiro atoms. The third-order valence-corrected chi connectivity index (χ3v) is 2.82. The van der Waals surface area contributed by atoms with Crippen molar-refractivity contribution in [1.82, 2.24) is 25.3 Å². The van der Waals surface area contributed by atoms with Crippen LogP contribution in [0.4, 0.5) is 0 Å². The van der Waals surface area contributed by atoms with Crippen LogP contribution >= 0.6 is 0 Å². The Labute approximate surface area is 119 Å². The lowest BCUT2D eigenvalue weighted by atomic mass is 10.2. The Hall–Kier alpha value is -1.95. The summed E-state index contributed by atoms with van der Waals surface area (Å²) in [5.41, 5.74) is 2.73. The normalized spacial score (nSPS) is 10.8. The van der Waals surface area contributed by atoms with Gasteiger partial charge in [0.05, 0.1) is 11.9 Å². The van der Waals surface area contributed by atoms with Crippen LogP contribution < -0.4 is 10.1 Å². The first kappa shape index (κ1) is 14.5. The second-order valence-electron chi connectivity index (χ2n) is 4.75. The molecule has 108 valence electrons. The predicted octanol–water partition coefficient (Wildman–Crippen LogP) is 1.60. The summed E-state index contributed by atoms with van der Waals surface area (Å²) in [4.78, 5) is 4.53. The van der Waals surface area contributed by atoms with Gasteiger partial charge in [-0.15, -0.1) is 5.10 Å². The van der Waals surface area contributed by atoms with Gasteiger partial charge in [-0.2, -0.15) is 0 Å². The van der Waals surface area contributed by atoms with Gasteiger partial charge >= 0.3 is 0 Å². The molecule has 0 saturated carbocycles. The highest BCUT2D eigenvalue weighted by Gasteiger charge is 2.07. The lowest BCUT2D eigenvalue weighted by Crippen LogP contribution is -2.16. The minimum Gasteiger partial charge on any atom is -0.485 e. The van der Waals surface area contributed by atoms with Gasteiger partial charge in [-0.1, -0.05) is 12.1 Å². The second kappa shape index (κ2) is 7.00. The molecule has 6 nitrogen and oxygen atoms in total. The first-order valence-electron chi connectivity index (χ1n) is 6.84. The van der Waals surface area contributed by atoms with Crippen LogP contribution in [0.25, 0.3) is 0 Å². The number of nitrogens with zero attached hydrogens (tertiary/aromatic N) is 4. The van der Waals surface area contributed by atoms with Crippen molar-refractivity contribution < 1.29 is 4.74 Å². The van der Waals surface area contributed by atoms with Crippen molar-refractivity contribution >= 4 is 0 Å². The van der Waals surface area contributed by atoms with E-state index in [0.717, 1.165) is 35.8 Å². The van der Waals surface area contributed by atoms with Gasteiger partial charge in [0.15, 0.2) is 0 Å². The molecule has 2 rings (SSSR count). The third-order valence-electron chi connectivity index (χ3n) is 2.82. The monoisotopic (exact) mass is 275 g/mol. The molecule has 0 aromatic carbocycles. The Morgan fingerprint density at radius 3 is 2.90 bits per heavy atom. The van der Waals surface area contributed by atoms with Gasteiger partial charge in [-0.25, -0.2) is 0 Å². The Balaban J connectivity index is 2.01. The fourth-order valence-electron chi connectivity index (χ4n) is 1.85. The van der Waals surface area contributed by atoms with Crippen molar-refractivity contribution in [1.29, 1.82) is 0 Å². The molecule has 0 fully saturated rings. The zero-order chi connectivity index (χ0) is 14.4. The quantitative estimate of drug-likeness (QED) is 0.777. The van der Waals surface area contributed by atoms with Gasteiger partial charge in [0.2, 0.25) is 0 Å². The van der Waals surface area contributed by atoms with Crippen molar-refractivity contribution in [3.05, 3.63) is 35.4 Å². The number of pyridine rings is 1. The predicted molar refractivity (Wildman–Crippen MR) is 76.3 cm³/mol. The SMILES string of the molecule is CCCNCc1nc(C)ccc1OCc1cn(C)nn1. The fourth-order valence-corrected chi connectivity index (χ4v) is 1.85. The summed E-state index contributed by atoms with van der Waals surface area (Å²) >= 11 is 0. The van der Waals surface area contributed by atoms with Crippen LogP contribution in [-0.4, -0.2) is 26.5 Å². The zero-order valence-electron chi connectivity index (χ0n) is 12.3. The average Bonchev–Trinajstić information content (AvgIpc) is 2.84. The van der Waals surface area contributed by atoms with E-state index in [4.69, 9.17) is 4.74 Å². The number of hydrogen-bond donors (Lipinski definition) is 1. The van der Waals surface area contributed by atoms with E-state index in [-0.39, 0.29) is 0 Å². The first-order valence-corrected chi connectivity index (χ1v) is 6.84. The van der Waals surface area contributed by atoms with E-state index in [1.54, 1.807) is 4.68 Å². The van der Waals surface area contributed by atoms with Crippen LogP contribution in [0.1, 0.15) is 30.4 Å². The summed E-state index contributed by atoms with van der Waals surface area (Å²) in [6.45, 7) is 6.21. The topological polar surface area (TPSA) is 64.9 Å². The maximum atomic E-state index is 5.80. The molecule has 0 radical (unpaired) electrons. The highest BCUT2D eigenvalue weighted by molar-refractivity contribution is 5.29. The Morgan fingerprint density at radius 2 is 2.20 bits per heavy atom. The van der Waals surface area contributed by atoms with E-state index >= 15 is 0 Å². The van der Waals surface area contributed by atoms with Crippen molar-refractivity contribution in [2.75, 3.05) is 6.54 Å². The molecule has 0 unspecified atom stereocenters. The number of hydrogen-bond acceptors (Lipinski definition) is 5. The molecule has 0 aliphatic carbocycles. The van der Waals surface area contributed by atoms with Gasteiger partial charge in [0.1, 0.15) is 18.1 Å². The molecular weight excluding hydrogens is 254 g/mol. The Kier molecular flexibility index (Phi) is 5.06. The van der Waals surface area contributed by atoms with E-state index in [1.807, 2.05) is 32.3 Å². The van der Waals surface area contributed by atoms with Gasteiger partial charge < -0.3 is 10.1 Å². The third kappa shape index (κ3) is 4.03. The molecule has 2 aromatic heterocycles. The standard InChI is InChI=1S/C14H21N5O/c1-4-7-15-8-13-14(6-5-11(2)16-13)20-10-12-9-19(3)18-17-12/h5-6,9,15H,4,7-8,10H2,1-3H3. The van der Waals surface area contributed by atoms with Crippen molar-refractivity contribution in [2.24, 2.45) is 7.05 Å². The molecule has 1 N–H and O–H groups in total. The van der Waals surface area contributed by atoms with Crippen LogP contribution in [0.5, 0.6) is 5.75 Å². The molecular formula is C14H21N5O. The summed E-state index contributed by atoms with van der Waals surface area (Å²) in [5, 5.41) is 11.2. The largest absolute Gasteiger partial charge is 0.485 e. The highest BCUT2D eigenvalue weighted by atomic mass is 16.5. The molecule has 6 heteroatoms. The molecule has 0 aliphatic rings. The van der Waals surface area contributed by atoms with E-state index < -0.39 is 0 Å². The smallest absolute Gasteiger partial charge is 0.142 e. The summed E-state index contributed by atoms with van der Waals surface area (Å²) in [6.07, 6.45) is 2.94. The maximum Gasteiger partial charge on any atom is 0.142 e. The van der Waals surface area contributed by atoms with Crippen LogP contribution in [0.3, 0.4) is 0 Å². The minimum absolute atomic E-state index is 0.402. The number of nitrogens with one attached hydrogen (secondary N) is 1. The fraction of sp³-hybridized carbons (Fsp3) is 0.500. The van der Waals surface area contributed by atoms with E-state index in [0.29, 0.717) is 13.2 Å². The van der Waals surface area contributed by atoms with Crippen LogP contribution in [0, 0.1) is 6.92 Å². The summed E-state index contributed by atoms with van der Waals surface area (Å²) in [7, 11) is 1.84. The number of aromatic nitrogens is 4. The first-order chi connectivity index (χ1) is 9.69. The van der Waals surface area contributed by atoms with E-state index in [9.17, 15) is 0 Å². The summed E-state index contributed by atoms with van der Waals surface area (Å²) < 4.78 is 7.47. The lowest BCUT2D eigenvalue weighted by Gasteiger charge is -2.11. The minimum atomic E-state index is 0.402. The molecule has 2 aromatic rings. The molecule has 0 saturated heterocycles. The van der Waals surface area contributed by atoms with Gasteiger partial charge in [-0.3, -0.25) is 9.67 Å². The molecule has 0 bridgehead atoms. The van der Waals surface area contributed by atoms with E-state index in [2.05, 4.69) is 27.5 Å². The van der Waals surface area contributed by atoms with Crippen molar-refractivity contribution in [3.8, 4) is 5.75 Å². The average molecular weight is 275 g/mol. The van der Waals surface area contributed by atoms with Crippen molar-refractivity contribution in [2.45, 2.75) is 33.4 Å². The zero-order valence-corrected chi connectivity index (χ0v) is 12.3.